The Hall–Kier alpha value is -3.31. The Bertz CT molecular complexity index is 1020. The van der Waals surface area contributed by atoms with Gasteiger partial charge < -0.3 is 9.15 Å². The van der Waals surface area contributed by atoms with E-state index in [1.165, 1.54) is 24.5 Å². The Morgan fingerprint density at radius 2 is 2.00 bits per heavy atom. The zero-order valence-electron chi connectivity index (χ0n) is 13.8. The lowest BCUT2D eigenvalue weighted by atomic mass is 10.3. The molecule has 3 rings (SSSR count). The van der Waals surface area contributed by atoms with Gasteiger partial charge in [0.05, 0.1) is 16.1 Å². The molecular formula is C16H14N4O6S. The van der Waals surface area contributed by atoms with Crippen molar-refractivity contribution < 1.29 is 22.5 Å². The number of nitro groups is 1. The van der Waals surface area contributed by atoms with Crippen LogP contribution in [0, 0.1) is 10.1 Å². The topological polar surface area (TPSA) is 137 Å². The quantitative estimate of drug-likeness (QED) is 0.350. The number of nitrogens with zero attached hydrogens (tertiary/aromatic N) is 3. The number of non-ortho nitro benzene ring substituents is 1. The fourth-order valence-electron chi connectivity index (χ4n) is 2.13. The number of sulfonamides is 1. The summed E-state index contributed by atoms with van der Waals surface area (Å²) < 4.78 is 37.2. The van der Waals surface area contributed by atoms with Gasteiger partial charge in [-0.25, -0.2) is 13.1 Å². The molecule has 0 fully saturated rings. The van der Waals surface area contributed by atoms with Gasteiger partial charge in [0, 0.05) is 24.7 Å². The maximum absolute atomic E-state index is 12.2. The van der Waals surface area contributed by atoms with Gasteiger partial charge in [0.1, 0.15) is 12.3 Å². The smallest absolute Gasteiger partial charge is 0.270 e. The summed E-state index contributed by atoms with van der Waals surface area (Å²) in [4.78, 5) is 9.89. The minimum atomic E-state index is -3.89. The molecule has 0 saturated heterocycles. The van der Waals surface area contributed by atoms with E-state index >= 15 is 0 Å². The van der Waals surface area contributed by atoms with Crippen LogP contribution in [0.2, 0.25) is 0 Å². The minimum Gasteiger partial charge on any atom is -0.475 e. The first-order valence-electron chi connectivity index (χ1n) is 7.70. The third kappa shape index (κ3) is 4.65. The van der Waals surface area contributed by atoms with Crippen LogP contribution in [0.15, 0.2) is 64.1 Å². The molecule has 0 aliphatic carbocycles. The van der Waals surface area contributed by atoms with E-state index in [0.717, 1.165) is 6.07 Å². The summed E-state index contributed by atoms with van der Waals surface area (Å²) in [5.41, 5.74) is 0.236. The molecule has 0 radical (unpaired) electrons. The lowest BCUT2D eigenvalue weighted by molar-refractivity contribution is -0.385. The van der Waals surface area contributed by atoms with Crippen molar-refractivity contribution in [3.8, 4) is 17.3 Å². The summed E-state index contributed by atoms with van der Waals surface area (Å²) in [5, 5.41) is 18.6. The molecule has 0 spiro atoms. The van der Waals surface area contributed by atoms with Crippen molar-refractivity contribution in [1.29, 1.82) is 0 Å². The first-order valence-corrected chi connectivity index (χ1v) is 9.18. The highest BCUT2D eigenvalue weighted by Gasteiger charge is 2.17. The number of hydrogen-bond acceptors (Lipinski definition) is 8. The second-order valence-electron chi connectivity index (χ2n) is 5.23. The third-order valence-corrected chi connectivity index (χ3v) is 4.86. The lowest BCUT2D eigenvalue weighted by Crippen LogP contribution is -2.28. The summed E-state index contributed by atoms with van der Waals surface area (Å²) >= 11 is 0. The van der Waals surface area contributed by atoms with Crippen molar-refractivity contribution in [2.75, 3.05) is 13.2 Å². The van der Waals surface area contributed by atoms with Gasteiger partial charge >= 0.3 is 0 Å². The number of hydrogen-bond donors (Lipinski definition) is 1. The van der Waals surface area contributed by atoms with Gasteiger partial charge in [-0.05, 0) is 24.3 Å². The predicted octanol–water partition coefficient (Wildman–Crippen LogP) is 2.00. The summed E-state index contributed by atoms with van der Waals surface area (Å²) in [6.45, 7) is -0.0461. The number of benzene rings is 1. The van der Waals surface area contributed by atoms with E-state index in [2.05, 4.69) is 14.9 Å². The van der Waals surface area contributed by atoms with E-state index in [-0.39, 0.29) is 29.6 Å². The van der Waals surface area contributed by atoms with Gasteiger partial charge in [-0.2, -0.15) is 0 Å². The minimum absolute atomic E-state index is 0.00291. The predicted molar refractivity (Wildman–Crippen MR) is 93.5 cm³/mol. The third-order valence-electron chi connectivity index (χ3n) is 3.40. The standard InChI is InChI=1S/C16H14N4O6S/c21-20(22)12-3-1-4-13(11-12)27(23,24)17-8-10-26-16-7-6-14(18-19-16)15-5-2-9-25-15/h1-7,9,11,17H,8,10H2. The maximum atomic E-state index is 12.2. The molecule has 0 aliphatic heterocycles. The fourth-order valence-corrected chi connectivity index (χ4v) is 3.18. The van der Waals surface area contributed by atoms with Crippen molar-refractivity contribution in [3.05, 3.63) is 64.9 Å². The van der Waals surface area contributed by atoms with Gasteiger partial charge in [-0.1, -0.05) is 6.07 Å². The molecule has 140 valence electrons. The normalized spacial score (nSPS) is 11.3. The lowest BCUT2D eigenvalue weighted by Gasteiger charge is -2.08. The molecule has 0 unspecified atom stereocenters. The van der Waals surface area contributed by atoms with E-state index < -0.39 is 14.9 Å². The highest BCUT2D eigenvalue weighted by atomic mass is 32.2. The second kappa shape index (κ2) is 7.93. The van der Waals surface area contributed by atoms with Gasteiger partial charge in [-0.15, -0.1) is 10.2 Å². The van der Waals surface area contributed by atoms with Crippen LogP contribution in [0.1, 0.15) is 0 Å². The number of nitro benzene ring substituents is 1. The molecule has 10 nitrogen and oxygen atoms in total. The van der Waals surface area contributed by atoms with Crippen molar-refractivity contribution in [2.45, 2.75) is 4.90 Å². The number of nitrogens with one attached hydrogen (secondary N) is 1. The Kier molecular flexibility index (Phi) is 5.43. The highest BCUT2D eigenvalue weighted by molar-refractivity contribution is 7.89. The van der Waals surface area contributed by atoms with E-state index in [1.807, 2.05) is 0 Å². The number of aromatic nitrogens is 2. The van der Waals surface area contributed by atoms with Crippen LogP contribution >= 0.6 is 0 Å². The van der Waals surface area contributed by atoms with E-state index in [4.69, 9.17) is 9.15 Å². The Morgan fingerprint density at radius 1 is 1.15 bits per heavy atom. The summed E-state index contributed by atoms with van der Waals surface area (Å²) in [5.74, 6) is 0.790. The Labute approximate surface area is 154 Å². The van der Waals surface area contributed by atoms with Crippen molar-refractivity contribution >= 4 is 15.7 Å². The van der Waals surface area contributed by atoms with Gasteiger partial charge in [-0.3, -0.25) is 10.1 Å². The van der Waals surface area contributed by atoms with Gasteiger partial charge in [0.15, 0.2) is 5.76 Å². The average Bonchev–Trinajstić information content (AvgIpc) is 3.20. The molecular weight excluding hydrogens is 376 g/mol. The SMILES string of the molecule is O=[N+]([O-])c1cccc(S(=O)(=O)NCCOc2ccc(-c3ccco3)nn2)c1. The van der Waals surface area contributed by atoms with Crippen LogP contribution < -0.4 is 9.46 Å². The largest absolute Gasteiger partial charge is 0.475 e. The molecule has 27 heavy (non-hydrogen) atoms. The molecule has 0 saturated carbocycles. The molecule has 2 heterocycles. The molecule has 1 N–H and O–H groups in total. The van der Waals surface area contributed by atoms with Crippen LogP contribution in [0.3, 0.4) is 0 Å². The first kappa shape index (κ1) is 18.5. The Morgan fingerprint density at radius 3 is 2.67 bits per heavy atom. The molecule has 0 amide bonds. The number of ether oxygens (including phenoxy) is 1. The molecule has 11 heteroatoms. The molecule has 1 aromatic carbocycles. The molecule has 0 aliphatic rings. The number of rotatable bonds is 8. The maximum Gasteiger partial charge on any atom is 0.270 e. The van der Waals surface area contributed by atoms with E-state index in [1.54, 1.807) is 24.3 Å². The van der Waals surface area contributed by atoms with E-state index in [0.29, 0.717) is 11.5 Å². The molecule has 0 atom stereocenters. The van der Waals surface area contributed by atoms with Crippen molar-refractivity contribution in [1.82, 2.24) is 14.9 Å². The first-order chi connectivity index (χ1) is 13.0. The van der Waals surface area contributed by atoms with Gasteiger partial charge in [0.25, 0.3) is 5.69 Å². The summed E-state index contributed by atoms with van der Waals surface area (Å²) in [6.07, 6.45) is 1.52. The zero-order chi connectivity index (χ0) is 19.3. The van der Waals surface area contributed by atoms with Crippen LogP contribution in [0.4, 0.5) is 5.69 Å². The zero-order valence-corrected chi connectivity index (χ0v) is 14.6. The molecule has 0 bridgehead atoms. The van der Waals surface area contributed by atoms with Crippen LogP contribution in [0.25, 0.3) is 11.5 Å². The Balaban J connectivity index is 1.53. The molecule has 3 aromatic rings. The van der Waals surface area contributed by atoms with Crippen LogP contribution in [-0.2, 0) is 10.0 Å². The van der Waals surface area contributed by atoms with Crippen molar-refractivity contribution in [2.24, 2.45) is 0 Å². The van der Waals surface area contributed by atoms with Gasteiger partial charge in [0.2, 0.25) is 15.9 Å². The summed E-state index contributed by atoms with van der Waals surface area (Å²) in [7, 11) is -3.89. The van der Waals surface area contributed by atoms with E-state index in [9.17, 15) is 18.5 Å². The van der Waals surface area contributed by atoms with Crippen LogP contribution in [-0.4, -0.2) is 36.7 Å². The highest BCUT2D eigenvalue weighted by Crippen LogP contribution is 2.18. The second-order valence-corrected chi connectivity index (χ2v) is 7.00. The molecule has 2 aromatic heterocycles. The monoisotopic (exact) mass is 390 g/mol. The van der Waals surface area contributed by atoms with Crippen molar-refractivity contribution in [3.63, 3.8) is 0 Å². The van der Waals surface area contributed by atoms with Crippen LogP contribution in [0.5, 0.6) is 5.88 Å². The average molecular weight is 390 g/mol. The fraction of sp³-hybridized carbons (Fsp3) is 0.125. The number of furan rings is 1. The summed E-state index contributed by atoms with van der Waals surface area (Å²) in [6, 6.07) is 11.5.